The van der Waals surface area contributed by atoms with Crippen LogP contribution in [-0.2, 0) is 11.5 Å². The summed E-state index contributed by atoms with van der Waals surface area (Å²) in [5, 5.41) is 1.97. The quantitative estimate of drug-likeness (QED) is 0.193. The van der Waals surface area contributed by atoms with Gasteiger partial charge in [-0.1, -0.05) is 54.6 Å². The Balaban J connectivity index is 1.43. The van der Waals surface area contributed by atoms with Crippen LogP contribution >= 0.6 is 0 Å². The summed E-state index contributed by atoms with van der Waals surface area (Å²) in [7, 11) is 0. The van der Waals surface area contributed by atoms with E-state index in [2.05, 4.69) is 0 Å². The molecule has 0 aromatic heterocycles. The average Bonchev–Trinajstić information content (AvgIpc) is 2.75. The number of ether oxygens (including phenoxy) is 1. The van der Waals surface area contributed by atoms with Crippen LogP contribution in [0.15, 0.2) is 97.1 Å². The molecule has 0 amide bonds. The summed E-state index contributed by atoms with van der Waals surface area (Å²) in [5.74, 6) is 0.806. The summed E-state index contributed by atoms with van der Waals surface area (Å²) in [6.45, 7) is 0.322. The summed E-state index contributed by atoms with van der Waals surface area (Å²) < 4.78 is 5.39. The number of hydrogen-bond donors (Lipinski definition) is 0. The van der Waals surface area contributed by atoms with Crippen LogP contribution in [0.1, 0.15) is 15.9 Å². The predicted octanol–water partition coefficient (Wildman–Crippen LogP) is 5.57. The summed E-state index contributed by atoms with van der Waals surface area (Å²) in [5.41, 5.74) is 1.48. The van der Waals surface area contributed by atoms with E-state index in [9.17, 15) is 4.79 Å². The van der Waals surface area contributed by atoms with Crippen molar-refractivity contribution < 1.29 is 19.3 Å². The van der Waals surface area contributed by atoms with Crippen molar-refractivity contribution in [1.82, 2.24) is 0 Å². The Kier molecular flexibility index (Phi) is 5.31. The standard InChI is InChI=1S/C24H18O4/c25-24(27-22-7-3-1-4-8-22)21-14-13-19-15-18(11-12-20(19)16-21)17-26-28-23-9-5-2-6-10-23/h1-16H,17H2. The first kappa shape index (κ1) is 17.8. The van der Waals surface area contributed by atoms with Gasteiger partial charge >= 0.3 is 5.97 Å². The lowest BCUT2D eigenvalue weighted by atomic mass is 10.0. The summed E-state index contributed by atoms with van der Waals surface area (Å²) in [4.78, 5) is 22.9. The molecule has 0 aliphatic carbocycles. The molecule has 0 radical (unpaired) electrons. The molecule has 0 fully saturated rings. The Morgan fingerprint density at radius 2 is 1.32 bits per heavy atom. The second kappa shape index (κ2) is 8.37. The minimum Gasteiger partial charge on any atom is -0.423 e. The van der Waals surface area contributed by atoms with Crippen LogP contribution in [0.2, 0.25) is 0 Å². The molecule has 4 aromatic rings. The third kappa shape index (κ3) is 4.37. The molecular formula is C24H18O4. The second-order valence-corrected chi connectivity index (χ2v) is 6.26. The van der Waals surface area contributed by atoms with Crippen LogP contribution < -0.4 is 9.62 Å². The number of carbonyl (C=O) groups excluding carboxylic acids is 1. The Labute approximate surface area is 162 Å². The topological polar surface area (TPSA) is 44.8 Å². The van der Waals surface area contributed by atoms with Gasteiger partial charge in [-0.15, -0.1) is 0 Å². The van der Waals surface area contributed by atoms with Gasteiger partial charge in [0.1, 0.15) is 12.4 Å². The molecule has 4 aromatic carbocycles. The highest BCUT2D eigenvalue weighted by Crippen LogP contribution is 2.20. The molecule has 28 heavy (non-hydrogen) atoms. The van der Waals surface area contributed by atoms with Gasteiger partial charge in [-0.05, 0) is 58.8 Å². The molecule has 0 spiro atoms. The number of hydrogen-bond acceptors (Lipinski definition) is 4. The van der Waals surface area contributed by atoms with Gasteiger partial charge in [0, 0.05) is 0 Å². The van der Waals surface area contributed by atoms with E-state index in [1.165, 1.54) is 0 Å². The predicted molar refractivity (Wildman–Crippen MR) is 107 cm³/mol. The SMILES string of the molecule is O=C(Oc1ccccc1)c1ccc2cc(COOc3ccccc3)ccc2c1. The van der Waals surface area contributed by atoms with Gasteiger partial charge in [0.2, 0.25) is 0 Å². The van der Waals surface area contributed by atoms with Crippen LogP contribution in [0.3, 0.4) is 0 Å². The molecule has 0 atom stereocenters. The first-order chi connectivity index (χ1) is 13.8. The lowest BCUT2D eigenvalue weighted by Gasteiger charge is -2.08. The zero-order valence-corrected chi connectivity index (χ0v) is 15.1. The highest BCUT2D eigenvalue weighted by atomic mass is 17.2. The van der Waals surface area contributed by atoms with Gasteiger partial charge in [0.15, 0.2) is 5.75 Å². The molecule has 0 saturated carbocycles. The van der Waals surface area contributed by atoms with Crippen molar-refractivity contribution in [1.29, 1.82) is 0 Å². The molecule has 0 heterocycles. The molecule has 0 aliphatic heterocycles. The molecule has 4 nitrogen and oxygen atoms in total. The van der Waals surface area contributed by atoms with E-state index in [1.54, 1.807) is 18.2 Å². The normalized spacial score (nSPS) is 10.6. The fraction of sp³-hybridized carbons (Fsp3) is 0.0417. The van der Waals surface area contributed by atoms with E-state index in [-0.39, 0.29) is 5.97 Å². The maximum atomic E-state index is 12.3. The van der Waals surface area contributed by atoms with Crippen molar-refractivity contribution >= 4 is 16.7 Å². The maximum Gasteiger partial charge on any atom is 0.343 e. The van der Waals surface area contributed by atoms with Crippen molar-refractivity contribution in [2.75, 3.05) is 0 Å². The van der Waals surface area contributed by atoms with Crippen LogP contribution in [0.4, 0.5) is 0 Å². The number of rotatable bonds is 6. The molecule has 0 bridgehead atoms. The Morgan fingerprint density at radius 3 is 2.07 bits per heavy atom. The number of carbonyl (C=O) groups is 1. The molecule has 4 heteroatoms. The number of fused-ring (bicyclic) bond motifs is 1. The highest BCUT2D eigenvalue weighted by molar-refractivity contribution is 5.96. The van der Waals surface area contributed by atoms with Gasteiger partial charge in [-0.3, -0.25) is 0 Å². The van der Waals surface area contributed by atoms with E-state index in [0.29, 0.717) is 23.7 Å². The minimum atomic E-state index is -0.378. The largest absolute Gasteiger partial charge is 0.423 e. The number of esters is 1. The Morgan fingerprint density at radius 1 is 0.679 bits per heavy atom. The van der Waals surface area contributed by atoms with E-state index < -0.39 is 0 Å². The first-order valence-electron chi connectivity index (χ1n) is 8.92. The van der Waals surface area contributed by atoms with Gasteiger partial charge in [-0.25, -0.2) is 4.79 Å². The fourth-order valence-corrected chi connectivity index (χ4v) is 2.81. The van der Waals surface area contributed by atoms with Crippen molar-refractivity contribution in [2.45, 2.75) is 6.61 Å². The van der Waals surface area contributed by atoms with Gasteiger partial charge in [0.05, 0.1) is 5.56 Å². The summed E-state index contributed by atoms with van der Waals surface area (Å²) in [6.07, 6.45) is 0. The Bertz CT molecular complexity index is 1080. The molecule has 0 saturated heterocycles. The lowest BCUT2D eigenvalue weighted by molar-refractivity contribution is -0.217. The lowest BCUT2D eigenvalue weighted by Crippen LogP contribution is -2.08. The monoisotopic (exact) mass is 370 g/mol. The number of para-hydroxylation sites is 2. The molecule has 138 valence electrons. The van der Waals surface area contributed by atoms with E-state index >= 15 is 0 Å². The summed E-state index contributed by atoms with van der Waals surface area (Å²) >= 11 is 0. The second-order valence-electron chi connectivity index (χ2n) is 6.26. The van der Waals surface area contributed by atoms with Gasteiger partial charge < -0.3 is 9.62 Å². The fourth-order valence-electron chi connectivity index (χ4n) is 2.81. The van der Waals surface area contributed by atoms with Crippen LogP contribution in [0.5, 0.6) is 11.5 Å². The molecule has 0 N–H and O–H groups in total. The van der Waals surface area contributed by atoms with Crippen molar-refractivity contribution in [3.8, 4) is 11.5 Å². The van der Waals surface area contributed by atoms with Gasteiger partial charge in [-0.2, -0.15) is 4.89 Å². The summed E-state index contributed by atoms with van der Waals surface area (Å²) in [6, 6.07) is 29.8. The minimum absolute atomic E-state index is 0.322. The smallest absolute Gasteiger partial charge is 0.343 e. The van der Waals surface area contributed by atoms with Crippen molar-refractivity contribution in [3.05, 3.63) is 108 Å². The van der Waals surface area contributed by atoms with Crippen LogP contribution in [0.25, 0.3) is 10.8 Å². The molecule has 4 rings (SSSR count). The third-order valence-electron chi connectivity index (χ3n) is 4.22. The Hall–Kier alpha value is -3.63. The van der Waals surface area contributed by atoms with Crippen LogP contribution in [-0.4, -0.2) is 5.97 Å². The molecular weight excluding hydrogens is 352 g/mol. The first-order valence-corrected chi connectivity index (χ1v) is 8.92. The zero-order valence-electron chi connectivity index (χ0n) is 15.1. The third-order valence-corrected chi connectivity index (χ3v) is 4.22. The molecule has 0 unspecified atom stereocenters. The maximum absolute atomic E-state index is 12.3. The zero-order chi connectivity index (χ0) is 19.2. The van der Waals surface area contributed by atoms with Crippen molar-refractivity contribution in [3.63, 3.8) is 0 Å². The molecule has 0 aliphatic rings. The highest BCUT2D eigenvalue weighted by Gasteiger charge is 2.09. The number of benzene rings is 4. The van der Waals surface area contributed by atoms with Crippen molar-refractivity contribution in [2.24, 2.45) is 0 Å². The average molecular weight is 370 g/mol. The van der Waals surface area contributed by atoms with Gasteiger partial charge in [0.25, 0.3) is 0 Å². The van der Waals surface area contributed by atoms with E-state index in [0.717, 1.165) is 16.3 Å². The van der Waals surface area contributed by atoms with E-state index in [1.807, 2.05) is 78.9 Å². The van der Waals surface area contributed by atoms with Crippen LogP contribution in [0, 0.1) is 0 Å². The van der Waals surface area contributed by atoms with E-state index in [4.69, 9.17) is 14.5 Å².